The Morgan fingerprint density at radius 1 is 1.03 bits per heavy atom. The predicted molar refractivity (Wildman–Crippen MR) is 116 cm³/mol. The van der Waals surface area contributed by atoms with Gasteiger partial charge in [-0.1, -0.05) is 18.2 Å². The second kappa shape index (κ2) is 9.44. The molecule has 1 amide bonds. The maximum Gasteiger partial charge on any atom is 0.254 e. The van der Waals surface area contributed by atoms with E-state index < -0.39 is 0 Å². The molecule has 0 N–H and O–H groups in total. The maximum atomic E-state index is 13.1. The Bertz CT molecular complexity index is 956. The number of rotatable bonds is 7. The largest absolute Gasteiger partial charge is 0.494 e. The minimum absolute atomic E-state index is 0.0604. The fourth-order valence-electron chi connectivity index (χ4n) is 3.82. The van der Waals surface area contributed by atoms with E-state index in [1.807, 2.05) is 60.4 Å². The zero-order chi connectivity index (χ0) is 20.8. The van der Waals surface area contributed by atoms with Gasteiger partial charge in [0.05, 0.1) is 12.6 Å². The molecule has 30 heavy (non-hydrogen) atoms. The van der Waals surface area contributed by atoms with E-state index in [0.29, 0.717) is 18.8 Å². The van der Waals surface area contributed by atoms with Crippen LogP contribution in [0.3, 0.4) is 0 Å². The van der Waals surface area contributed by atoms with Crippen molar-refractivity contribution in [3.05, 3.63) is 89.7 Å². The van der Waals surface area contributed by atoms with Crippen LogP contribution < -0.4 is 9.47 Å². The van der Waals surface area contributed by atoms with Gasteiger partial charge < -0.3 is 14.4 Å². The standard InChI is InChI=1S/C25H26N2O3/c1-2-29-22-11-7-20(8-12-22)24-6-4-16-27(24)25(28)21-9-13-23(14-10-21)30-18-19-5-3-15-26-17-19/h3,5,7-15,17,24H,2,4,6,16,18H2,1H3. The van der Waals surface area contributed by atoms with E-state index in [2.05, 4.69) is 17.1 Å². The molecule has 1 aromatic heterocycles. The Labute approximate surface area is 177 Å². The van der Waals surface area contributed by atoms with E-state index >= 15 is 0 Å². The third-order valence-corrected chi connectivity index (χ3v) is 5.32. The van der Waals surface area contributed by atoms with E-state index in [1.165, 1.54) is 0 Å². The Morgan fingerprint density at radius 2 is 1.77 bits per heavy atom. The average Bonchev–Trinajstić information content (AvgIpc) is 3.29. The van der Waals surface area contributed by atoms with Crippen molar-refractivity contribution in [3.8, 4) is 11.5 Å². The van der Waals surface area contributed by atoms with E-state index in [-0.39, 0.29) is 11.9 Å². The van der Waals surface area contributed by atoms with E-state index in [1.54, 1.807) is 12.4 Å². The molecule has 1 atom stereocenters. The topological polar surface area (TPSA) is 51.7 Å². The molecule has 4 rings (SSSR count). The molecule has 154 valence electrons. The van der Waals surface area contributed by atoms with Crippen molar-refractivity contribution in [2.45, 2.75) is 32.4 Å². The van der Waals surface area contributed by atoms with Crippen LogP contribution in [-0.4, -0.2) is 28.9 Å². The van der Waals surface area contributed by atoms with Gasteiger partial charge in [0.25, 0.3) is 5.91 Å². The molecule has 3 aromatic rings. The molecule has 0 spiro atoms. The fraction of sp³-hybridized carbons (Fsp3) is 0.280. The summed E-state index contributed by atoms with van der Waals surface area (Å²) in [7, 11) is 0. The fourth-order valence-corrected chi connectivity index (χ4v) is 3.82. The number of ether oxygens (including phenoxy) is 2. The lowest BCUT2D eigenvalue weighted by molar-refractivity contribution is 0.0735. The Morgan fingerprint density at radius 3 is 2.47 bits per heavy atom. The maximum absolute atomic E-state index is 13.1. The molecule has 5 heteroatoms. The zero-order valence-corrected chi connectivity index (χ0v) is 17.2. The number of hydrogen-bond acceptors (Lipinski definition) is 4. The van der Waals surface area contributed by atoms with Gasteiger partial charge in [-0.2, -0.15) is 0 Å². The molecule has 0 radical (unpaired) electrons. The molecular weight excluding hydrogens is 376 g/mol. The molecule has 2 heterocycles. The SMILES string of the molecule is CCOc1ccc(C2CCCN2C(=O)c2ccc(OCc3cccnc3)cc2)cc1. The highest BCUT2D eigenvalue weighted by atomic mass is 16.5. The lowest BCUT2D eigenvalue weighted by Gasteiger charge is -2.25. The van der Waals surface area contributed by atoms with Gasteiger partial charge >= 0.3 is 0 Å². The molecule has 0 bridgehead atoms. The summed E-state index contributed by atoms with van der Waals surface area (Å²) in [6.45, 7) is 3.85. The smallest absolute Gasteiger partial charge is 0.254 e. The summed E-state index contributed by atoms with van der Waals surface area (Å²) in [5.74, 6) is 1.66. The highest BCUT2D eigenvalue weighted by Crippen LogP contribution is 2.34. The van der Waals surface area contributed by atoms with Gasteiger partial charge in [-0.15, -0.1) is 0 Å². The number of benzene rings is 2. The van der Waals surface area contributed by atoms with Crippen LogP contribution in [0.5, 0.6) is 11.5 Å². The third kappa shape index (κ3) is 4.62. The first-order valence-corrected chi connectivity index (χ1v) is 10.4. The molecule has 1 unspecified atom stereocenters. The van der Waals surface area contributed by atoms with Gasteiger partial charge in [0.1, 0.15) is 18.1 Å². The van der Waals surface area contributed by atoms with Crippen LogP contribution in [0.4, 0.5) is 0 Å². The number of nitrogens with zero attached hydrogens (tertiary/aromatic N) is 2. The number of pyridine rings is 1. The number of carbonyl (C=O) groups excluding carboxylic acids is 1. The summed E-state index contributed by atoms with van der Waals surface area (Å²) >= 11 is 0. The van der Waals surface area contributed by atoms with Gasteiger partial charge in [0, 0.05) is 30.1 Å². The minimum atomic E-state index is 0.0604. The molecule has 1 aliphatic heterocycles. The molecule has 1 saturated heterocycles. The van der Waals surface area contributed by atoms with Crippen LogP contribution in [0.2, 0.25) is 0 Å². The van der Waals surface area contributed by atoms with E-state index in [4.69, 9.17) is 9.47 Å². The van der Waals surface area contributed by atoms with Gasteiger partial charge in [-0.05, 0) is 67.8 Å². The monoisotopic (exact) mass is 402 g/mol. The quantitative estimate of drug-likeness (QED) is 0.556. The number of carbonyl (C=O) groups is 1. The van der Waals surface area contributed by atoms with Gasteiger partial charge in [0.2, 0.25) is 0 Å². The number of hydrogen-bond donors (Lipinski definition) is 0. The predicted octanol–water partition coefficient (Wildman–Crippen LogP) is 5.04. The second-order valence-corrected chi connectivity index (χ2v) is 7.33. The highest BCUT2D eigenvalue weighted by Gasteiger charge is 2.30. The van der Waals surface area contributed by atoms with Crippen molar-refractivity contribution < 1.29 is 14.3 Å². The highest BCUT2D eigenvalue weighted by molar-refractivity contribution is 5.94. The van der Waals surface area contributed by atoms with E-state index in [9.17, 15) is 4.79 Å². The average molecular weight is 402 g/mol. The van der Waals surface area contributed by atoms with E-state index in [0.717, 1.165) is 42.0 Å². The first kappa shape index (κ1) is 20.0. The molecule has 0 aliphatic carbocycles. The summed E-state index contributed by atoms with van der Waals surface area (Å²) in [6, 6.07) is 19.4. The lowest BCUT2D eigenvalue weighted by Crippen LogP contribution is -2.30. The molecule has 5 nitrogen and oxygen atoms in total. The normalized spacial score (nSPS) is 15.8. The first-order valence-electron chi connectivity index (χ1n) is 10.4. The van der Waals surface area contributed by atoms with Crippen LogP contribution in [0.1, 0.15) is 47.3 Å². The Kier molecular flexibility index (Phi) is 6.28. The van der Waals surface area contributed by atoms with Crippen molar-refractivity contribution in [3.63, 3.8) is 0 Å². The third-order valence-electron chi connectivity index (χ3n) is 5.32. The summed E-state index contributed by atoms with van der Waals surface area (Å²) in [4.78, 5) is 19.2. The number of amides is 1. The zero-order valence-electron chi connectivity index (χ0n) is 17.2. The molecule has 2 aromatic carbocycles. The molecule has 1 fully saturated rings. The molecule has 0 saturated carbocycles. The van der Waals surface area contributed by atoms with Crippen LogP contribution in [0.15, 0.2) is 73.1 Å². The molecular formula is C25H26N2O3. The Hall–Kier alpha value is -3.34. The summed E-state index contributed by atoms with van der Waals surface area (Å²) in [5.41, 5.74) is 2.84. The lowest BCUT2D eigenvalue weighted by atomic mass is 10.0. The number of likely N-dealkylation sites (tertiary alicyclic amines) is 1. The van der Waals surface area contributed by atoms with Crippen LogP contribution >= 0.6 is 0 Å². The van der Waals surface area contributed by atoms with Crippen molar-refractivity contribution >= 4 is 5.91 Å². The number of aromatic nitrogens is 1. The van der Waals surface area contributed by atoms with Crippen LogP contribution in [0.25, 0.3) is 0 Å². The van der Waals surface area contributed by atoms with Crippen molar-refractivity contribution in [1.29, 1.82) is 0 Å². The van der Waals surface area contributed by atoms with Gasteiger partial charge in [0.15, 0.2) is 0 Å². The van der Waals surface area contributed by atoms with Crippen LogP contribution in [-0.2, 0) is 6.61 Å². The Balaban J connectivity index is 1.41. The summed E-state index contributed by atoms with van der Waals surface area (Å²) in [6.07, 6.45) is 5.51. The second-order valence-electron chi connectivity index (χ2n) is 7.33. The molecule has 1 aliphatic rings. The van der Waals surface area contributed by atoms with Crippen LogP contribution in [0, 0.1) is 0 Å². The summed E-state index contributed by atoms with van der Waals surface area (Å²) in [5, 5.41) is 0. The van der Waals surface area contributed by atoms with Gasteiger partial charge in [-0.3, -0.25) is 9.78 Å². The minimum Gasteiger partial charge on any atom is -0.494 e. The van der Waals surface area contributed by atoms with Gasteiger partial charge in [-0.25, -0.2) is 0 Å². The summed E-state index contributed by atoms with van der Waals surface area (Å²) < 4.78 is 11.3. The van der Waals surface area contributed by atoms with Crippen molar-refractivity contribution in [1.82, 2.24) is 9.88 Å². The van der Waals surface area contributed by atoms with Crippen molar-refractivity contribution in [2.24, 2.45) is 0 Å². The first-order chi connectivity index (χ1) is 14.7. The van der Waals surface area contributed by atoms with Crippen molar-refractivity contribution in [2.75, 3.05) is 13.2 Å².